The number of hydrogen-bond donors (Lipinski definition) is 0. The van der Waals surface area contributed by atoms with Gasteiger partial charge in [0, 0.05) is 18.1 Å². The van der Waals surface area contributed by atoms with E-state index in [0.717, 1.165) is 34.8 Å². The van der Waals surface area contributed by atoms with E-state index >= 15 is 0 Å². The fourth-order valence-corrected chi connectivity index (χ4v) is 2.05. The lowest BCUT2D eigenvalue weighted by Gasteiger charge is -2.03. The van der Waals surface area contributed by atoms with Gasteiger partial charge in [-0.05, 0) is 19.4 Å². The molecule has 0 saturated carbocycles. The molecule has 3 heterocycles. The molecule has 0 aliphatic heterocycles. The van der Waals surface area contributed by atoms with Crippen LogP contribution in [0.2, 0.25) is 0 Å². The van der Waals surface area contributed by atoms with Gasteiger partial charge in [-0.3, -0.25) is 9.38 Å². The Morgan fingerprint density at radius 1 is 1.09 bits per heavy atom. The number of fused-ring (bicyclic) bond motifs is 1. The first-order chi connectivity index (χ1) is 10.8. The average molecular weight is 299 g/mol. The molecule has 0 amide bonds. The highest BCUT2D eigenvalue weighted by Crippen LogP contribution is 2.22. The maximum Gasteiger partial charge on any atom is 0.156 e. The van der Waals surface area contributed by atoms with E-state index in [4.69, 9.17) is 0 Å². The summed E-state index contributed by atoms with van der Waals surface area (Å²) < 4.78 is 2.00. The molecule has 3 aromatic heterocycles. The van der Waals surface area contributed by atoms with Crippen molar-refractivity contribution in [3.8, 4) is 11.4 Å². The van der Waals surface area contributed by atoms with Crippen LogP contribution < -0.4 is 0 Å². The lowest BCUT2D eigenvalue weighted by atomic mass is 10.2. The van der Waals surface area contributed by atoms with E-state index in [1.165, 1.54) is 0 Å². The van der Waals surface area contributed by atoms with Crippen LogP contribution in [-0.4, -0.2) is 24.3 Å². The topological polar surface area (TPSA) is 56.0 Å². The van der Waals surface area contributed by atoms with Crippen molar-refractivity contribution in [1.82, 2.24) is 24.3 Å². The van der Waals surface area contributed by atoms with Gasteiger partial charge in [0.05, 0.1) is 23.3 Å². The van der Waals surface area contributed by atoms with Gasteiger partial charge in [-0.1, -0.05) is 34.6 Å². The first-order valence-electron chi connectivity index (χ1n) is 7.89. The summed E-state index contributed by atoms with van der Waals surface area (Å²) in [5, 5.41) is 0. The predicted octanol–water partition coefficient (Wildman–Crippen LogP) is 4.11. The van der Waals surface area contributed by atoms with Gasteiger partial charge in [0.25, 0.3) is 0 Å². The molecule has 118 valence electrons. The van der Waals surface area contributed by atoms with Crippen LogP contribution in [0.3, 0.4) is 0 Å². The zero-order chi connectivity index (χ0) is 16.5. The Hall–Kier alpha value is -2.30. The Kier molecular flexibility index (Phi) is 7.16. The third-order valence-corrected chi connectivity index (χ3v) is 2.93. The Labute approximate surface area is 132 Å². The summed E-state index contributed by atoms with van der Waals surface area (Å²) in [6.45, 7) is 12.1. The summed E-state index contributed by atoms with van der Waals surface area (Å²) >= 11 is 0. The normalized spacial score (nSPS) is 9.55. The van der Waals surface area contributed by atoms with E-state index in [9.17, 15) is 0 Å². The number of aromatic nitrogens is 5. The minimum Gasteiger partial charge on any atom is -0.295 e. The van der Waals surface area contributed by atoms with Crippen LogP contribution in [0.15, 0.2) is 31.0 Å². The molecule has 5 nitrogen and oxygen atoms in total. The maximum atomic E-state index is 4.49. The number of nitrogens with zero attached hydrogens (tertiary/aromatic N) is 5. The average Bonchev–Trinajstić information content (AvgIpc) is 2.94. The Morgan fingerprint density at radius 2 is 1.82 bits per heavy atom. The van der Waals surface area contributed by atoms with E-state index < -0.39 is 0 Å². The van der Waals surface area contributed by atoms with Gasteiger partial charge in [-0.2, -0.15) is 0 Å². The second-order valence-electron chi connectivity index (χ2n) is 4.10. The summed E-state index contributed by atoms with van der Waals surface area (Å²) in [5.41, 5.74) is 4.72. The molecule has 0 aromatic carbocycles. The Morgan fingerprint density at radius 3 is 2.50 bits per heavy atom. The highest BCUT2D eigenvalue weighted by molar-refractivity contribution is 5.63. The van der Waals surface area contributed by atoms with Crippen LogP contribution >= 0.6 is 0 Å². The van der Waals surface area contributed by atoms with E-state index in [1.54, 1.807) is 18.7 Å². The summed E-state index contributed by atoms with van der Waals surface area (Å²) in [6.07, 6.45) is 7.90. The quantitative estimate of drug-likeness (QED) is 0.714. The van der Waals surface area contributed by atoms with Crippen molar-refractivity contribution < 1.29 is 0 Å². The van der Waals surface area contributed by atoms with E-state index in [1.807, 2.05) is 51.3 Å². The second kappa shape index (κ2) is 8.87. The van der Waals surface area contributed by atoms with Gasteiger partial charge in [0.2, 0.25) is 0 Å². The van der Waals surface area contributed by atoms with Crippen molar-refractivity contribution in [1.29, 1.82) is 0 Å². The molecule has 3 rings (SSSR count). The van der Waals surface area contributed by atoms with Gasteiger partial charge in [-0.25, -0.2) is 15.0 Å². The van der Waals surface area contributed by atoms with Crippen molar-refractivity contribution in [2.75, 3.05) is 0 Å². The fourth-order valence-electron chi connectivity index (χ4n) is 2.05. The van der Waals surface area contributed by atoms with Crippen molar-refractivity contribution in [2.24, 2.45) is 0 Å². The molecule has 22 heavy (non-hydrogen) atoms. The predicted molar refractivity (Wildman–Crippen MR) is 90.8 cm³/mol. The summed E-state index contributed by atoms with van der Waals surface area (Å²) in [5.74, 6) is 0. The molecule has 0 saturated heterocycles. The molecule has 3 aromatic rings. The zero-order valence-electron chi connectivity index (χ0n) is 14.3. The second-order valence-corrected chi connectivity index (χ2v) is 4.10. The Balaban J connectivity index is 0.000000561. The lowest BCUT2D eigenvalue weighted by molar-refractivity contribution is 0.994. The van der Waals surface area contributed by atoms with Crippen LogP contribution in [0.1, 0.15) is 46.0 Å². The van der Waals surface area contributed by atoms with Crippen LogP contribution in [0.25, 0.3) is 17.0 Å². The summed E-state index contributed by atoms with van der Waals surface area (Å²) in [4.78, 5) is 17.1. The van der Waals surface area contributed by atoms with Gasteiger partial charge in [-0.15, -0.1) is 0 Å². The summed E-state index contributed by atoms with van der Waals surface area (Å²) in [6, 6.07) is 2.01. The molecular weight excluding hydrogens is 274 g/mol. The number of imidazole rings is 1. The lowest BCUT2D eigenvalue weighted by Crippen LogP contribution is -1.95. The van der Waals surface area contributed by atoms with E-state index in [2.05, 4.69) is 26.9 Å². The highest BCUT2D eigenvalue weighted by Gasteiger charge is 2.12. The molecular formula is C17H25N5. The molecule has 5 heteroatoms. The van der Waals surface area contributed by atoms with E-state index in [-0.39, 0.29) is 0 Å². The minimum absolute atomic E-state index is 0.835. The fraction of sp³-hybridized carbons (Fsp3) is 0.412. The van der Waals surface area contributed by atoms with Crippen LogP contribution in [0, 0.1) is 6.92 Å². The zero-order valence-corrected chi connectivity index (χ0v) is 14.3. The van der Waals surface area contributed by atoms with Gasteiger partial charge >= 0.3 is 0 Å². The number of aryl methyl sites for hydroxylation is 2. The van der Waals surface area contributed by atoms with Crippen molar-refractivity contribution in [3.05, 3.63) is 42.4 Å². The number of hydrogen-bond acceptors (Lipinski definition) is 4. The smallest absolute Gasteiger partial charge is 0.156 e. The van der Waals surface area contributed by atoms with Crippen LogP contribution in [-0.2, 0) is 6.42 Å². The monoisotopic (exact) mass is 299 g/mol. The molecule has 0 aliphatic rings. The highest BCUT2D eigenvalue weighted by atomic mass is 15.0. The van der Waals surface area contributed by atoms with Crippen molar-refractivity contribution >= 4 is 5.65 Å². The molecule has 0 radical (unpaired) electrons. The first kappa shape index (κ1) is 17.8. The molecule has 0 atom stereocenters. The molecule has 0 bridgehead atoms. The van der Waals surface area contributed by atoms with Crippen LogP contribution in [0.4, 0.5) is 0 Å². The molecule has 0 spiro atoms. The van der Waals surface area contributed by atoms with Crippen LogP contribution in [0.5, 0.6) is 0 Å². The van der Waals surface area contributed by atoms with Crippen molar-refractivity contribution in [3.63, 3.8) is 0 Å². The first-order valence-corrected chi connectivity index (χ1v) is 7.89. The molecule has 0 aliphatic carbocycles. The largest absolute Gasteiger partial charge is 0.295 e. The Bertz CT molecular complexity index is 703. The third kappa shape index (κ3) is 3.67. The third-order valence-electron chi connectivity index (χ3n) is 2.93. The molecule has 0 unspecified atom stereocenters. The maximum absolute atomic E-state index is 4.49. The van der Waals surface area contributed by atoms with Gasteiger partial charge in [0.1, 0.15) is 6.33 Å². The molecule has 0 fully saturated rings. The van der Waals surface area contributed by atoms with E-state index in [0.29, 0.717) is 0 Å². The number of rotatable bonds is 2. The minimum atomic E-state index is 0.835. The van der Waals surface area contributed by atoms with Crippen molar-refractivity contribution in [2.45, 2.75) is 48.0 Å². The van der Waals surface area contributed by atoms with Gasteiger partial charge < -0.3 is 0 Å². The molecule has 0 N–H and O–H groups in total. The van der Waals surface area contributed by atoms with Gasteiger partial charge in [0.15, 0.2) is 5.65 Å². The SMILES string of the molecule is CC.CC.CCc1cc(-c2c(C)nc3cnccn23)ncn1. The summed E-state index contributed by atoms with van der Waals surface area (Å²) in [7, 11) is 0. The standard InChI is InChI=1S/C13H13N5.2C2H6/c1-3-10-6-11(16-8-15-10)13-9(2)17-12-7-14-4-5-18(12)13;2*1-2/h4-8H,3H2,1-2H3;2*1-2H3.